The van der Waals surface area contributed by atoms with Crippen LogP contribution in [0.15, 0.2) is 48.5 Å². The minimum Gasteiger partial charge on any atom is -0.445 e. The van der Waals surface area contributed by atoms with Crippen molar-refractivity contribution in [3.05, 3.63) is 75.3 Å². The summed E-state index contributed by atoms with van der Waals surface area (Å²) in [4.78, 5) is 10.4. The van der Waals surface area contributed by atoms with Gasteiger partial charge in [0.25, 0.3) is 5.69 Å². The van der Waals surface area contributed by atoms with Gasteiger partial charge in [-0.3, -0.25) is 10.1 Å². The highest BCUT2D eigenvalue weighted by molar-refractivity contribution is 7.80. The first-order valence-corrected chi connectivity index (χ1v) is 6.34. The lowest BCUT2D eigenvalue weighted by atomic mass is 10.1. The van der Waals surface area contributed by atoms with Crippen LogP contribution in [0.3, 0.4) is 0 Å². The molecular formula is C15H9NO3S. The first-order valence-electron chi connectivity index (χ1n) is 5.93. The van der Waals surface area contributed by atoms with Crippen molar-refractivity contribution in [3.63, 3.8) is 0 Å². The Morgan fingerprint density at radius 2 is 1.85 bits per heavy atom. The predicted molar refractivity (Wildman–Crippen MR) is 80.2 cm³/mol. The van der Waals surface area contributed by atoms with E-state index < -0.39 is 4.92 Å². The van der Waals surface area contributed by atoms with Crippen molar-refractivity contribution in [2.45, 2.75) is 0 Å². The van der Waals surface area contributed by atoms with E-state index in [2.05, 4.69) is 0 Å². The molecule has 3 rings (SSSR count). The van der Waals surface area contributed by atoms with Gasteiger partial charge in [0.2, 0.25) is 0 Å². The summed E-state index contributed by atoms with van der Waals surface area (Å²) in [5.41, 5.74) is 2.35. The van der Waals surface area contributed by atoms with Gasteiger partial charge in [0.15, 0.2) is 5.05 Å². The lowest BCUT2D eigenvalue weighted by Gasteiger charge is -1.99. The average molecular weight is 283 g/mol. The van der Waals surface area contributed by atoms with Gasteiger partial charge in [-0.15, -0.1) is 0 Å². The number of nitro benzene ring substituents is 1. The van der Waals surface area contributed by atoms with E-state index in [1.165, 1.54) is 12.1 Å². The maximum absolute atomic E-state index is 10.9. The van der Waals surface area contributed by atoms with Crippen molar-refractivity contribution in [3.8, 4) is 0 Å². The Kier molecular flexibility index (Phi) is 3.04. The van der Waals surface area contributed by atoms with Crippen molar-refractivity contribution in [2.75, 3.05) is 0 Å². The fourth-order valence-corrected chi connectivity index (χ4v) is 2.31. The first-order chi connectivity index (χ1) is 9.65. The van der Waals surface area contributed by atoms with Gasteiger partial charge < -0.3 is 4.74 Å². The molecule has 0 aliphatic carbocycles. The van der Waals surface area contributed by atoms with Crippen molar-refractivity contribution in [1.82, 2.24) is 0 Å². The molecule has 4 nitrogen and oxygen atoms in total. The number of benzene rings is 2. The maximum Gasteiger partial charge on any atom is 0.270 e. The van der Waals surface area contributed by atoms with Crippen molar-refractivity contribution in [2.24, 2.45) is 0 Å². The van der Waals surface area contributed by atoms with Crippen LogP contribution < -0.4 is 0 Å². The number of rotatable bonds is 2. The van der Waals surface area contributed by atoms with Crippen molar-refractivity contribution >= 4 is 34.8 Å². The molecule has 0 atom stereocenters. The largest absolute Gasteiger partial charge is 0.445 e. The second-order valence-corrected chi connectivity index (χ2v) is 4.67. The summed E-state index contributed by atoms with van der Waals surface area (Å²) in [6.07, 6.45) is 1.82. The third kappa shape index (κ3) is 2.19. The summed E-state index contributed by atoms with van der Waals surface area (Å²) in [6.45, 7) is 0. The Hall–Kier alpha value is -2.53. The molecule has 2 aromatic carbocycles. The highest BCUT2D eigenvalue weighted by Crippen LogP contribution is 2.34. The Balaban J connectivity index is 2.10. The van der Waals surface area contributed by atoms with Crippen LogP contribution in [0.2, 0.25) is 0 Å². The number of hydrogen-bond donors (Lipinski definition) is 0. The fourth-order valence-electron chi connectivity index (χ4n) is 2.05. The van der Waals surface area contributed by atoms with E-state index in [1.54, 1.807) is 6.07 Å². The Morgan fingerprint density at radius 1 is 1.10 bits per heavy atom. The van der Waals surface area contributed by atoms with E-state index in [0.717, 1.165) is 5.56 Å². The van der Waals surface area contributed by atoms with E-state index in [4.69, 9.17) is 17.0 Å². The van der Waals surface area contributed by atoms with Gasteiger partial charge in [0, 0.05) is 23.3 Å². The van der Waals surface area contributed by atoms with Gasteiger partial charge in [-0.2, -0.15) is 0 Å². The molecule has 1 aliphatic heterocycles. The number of nitro groups is 1. The first kappa shape index (κ1) is 12.5. The lowest BCUT2D eigenvalue weighted by molar-refractivity contribution is -0.384. The molecule has 5 heteroatoms. The summed E-state index contributed by atoms with van der Waals surface area (Å²) in [7, 11) is 0. The molecule has 1 aliphatic rings. The van der Waals surface area contributed by atoms with E-state index >= 15 is 0 Å². The van der Waals surface area contributed by atoms with E-state index in [0.29, 0.717) is 21.9 Å². The molecule has 0 saturated carbocycles. The predicted octanol–water partition coefficient (Wildman–Crippen LogP) is 3.80. The molecule has 0 unspecified atom stereocenters. The molecule has 20 heavy (non-hydrogen) atoms. The summed E-state index contributed by atoms with van der Waals surface area (Å²) in [5.74, 6) is 0.542. The van der Waals surface area contributed by atoms with Crippen molar-refractivity contribution in [1.29, 1.82) is 0 Å². The molecule has 0 amide bonds. The van der Waals surface area contributed by atoms with Gasteiger partial charge in [0.1, 0.15) is 5.76 Å². The van der Waals surface area contributed by atoms with Crippen molar-refractivity contribution < 1.29 is 9.66 Å². The summed E-state index contributed by atoms with van der Waals surface area (Å²) >= 11 is 5.14. The number of thiocarbonyl (C=S) groups is 1. The molecule has 0 saturated heterocycles. The van der Waals surface area contributed by atoms with E-state index in [1.807, 2.05) is 36.4 Å². The van der Waals surface area contributed by atoms with Crippen LogP contribution in [-0.4, -0.2) is 9.97 Å². The van der Waals surface area contributed by atoms with Crippen LogP contribution in [0.5, 0.6) is 0 Å². The minimum absolute atomic E-state index is 0.0241. The van der Waals surface area contributed by atoms with Gasteiger partial charge in [-0.25, -0.2) is 0 Å². The third-order valence-electron chi connectivity index (χ3n) is 3.00. The molecule has 98 valence electrons. The number of fused-ring (bicyclic) bond motifs is 1. The van der Waals surface area contributed by atoms with Crippen LogP contribution in [-0.2, 0) is 4.74 Å². The summed E-state index contributed by atoms with van der Waals surface area (Å²) in [6, 6.07) is 14.1. The third-order valence-corrected chi connectivity index (χ3v) is 3.30. The summed E-state index contributed by atoms with van der Waals surface area (Å²) < 4.78 is 5.54. The number of hydrogen-bond acceptors (Lipinski definition) is 4. The van der Waals surface area contributed by atoms with Crippen LogP contribution in [0.25, 0.3) is 11.8 Å². The van der Waals surface area contributed by atoms with Crippen LogP contribution in [0.1, 0.15) is 16.7 Å². The molecule has 0 fully saturated rings. The quantitative estimate of drug-likeness (QED) is 0.478. The highest BCUT2D eigenvalue weighted by atomic mass is 32.1. The van der Waals surface area contributed by atoms with Gasteiger partial charge in [-0.1, -0.05) is 30.3 Å². The maximum atomic E-state index is 10.9. The van der Waals surface area contributed by atoms with Crippen LogP contribution in [0, 0.1) is 10.1 Å². The standard InChI is InChI=1S/C15H9NO3S/c17-16(18)11-6-7-12-13(9-11)14(19-15(12)20)8-10-4-2-1-3-5-10/h1-9H. The Morgan fingerprint density at radius 3 is 2.55 bits per heavy atom. The van der Waals surface area contributed by atoms with Crippen LogP contribution in [0.4, 0.5) is 5.69 Å². The van der Waals surface area contributed by atoms with E-state index in [-0.39, 0.29) is 5.69 Å². The summed E-state index contributed by atoms with van der Waals surface area (Å²) in [5, 5.41) is 11.2. The molecule has 0 N–H and O–H groups in total. The van der Waals surface area contributed by atoms with Gasteiger partial charge in [0.05, 0.1) is 4.92 Å². The zero-order chi connectivity index (χ0) is 14.1. The highest BCUT2D eigenvalue weighted by Gasteiger charge is 2.25. The average Bonchev–Trinajstić information content (AvgIpc) is 2.76. The zero-order valence-corrected chi connectivity index (χ0v) is 11.1. The Bertz CT molecular complexity index is 738. The number of non-ortho nitro benzene ring substituents is 1. The molecule has 0 bridgehead atoms. The SMILES string of the molecule is O=[N+]([O-])c1ccc2c(c1)C(=Cc1ccccc1)OC2=S. The minimum atomic E-state index is -0.429. The zero-order valence-electron chi connectivity index (χ0n) is 10.3. The molecule has 2 aromatic rings. The van der Waals surface area contributed by atoms with Crippen LogP contribution >= 0.6 is 12.2 Å². The molecule has 0 aromatic heterocycles. The smallest absolute Gasteiger partial charge is 0.270 e. The molecular weight excluding hydrogens is 274 g/mol. The topological polar surface area (TPSA) is 52.4 Å². The second-order valence-electron chi connectivity index (χ2n) is 4.30. The normalized spacial score (nSPS) is 15.0. The second kappa shape index (κ2) is 4.86. The van der Waals surface area contributed by atoms with Gasteiger partial charge in [-0.05, 0) is 29.9 Å². The molecule has 0 radical (unpaired) electrons. The molecule has 1 heterocycles. The lowest BCUT2D eigenvalue weighted by Crippen LogP contribution is -1.93. The number of ether oxygens (including phenoxy) is 1. The monoisotopic (exact) mass is 283 g/mol. The molecule has 0 spiro atoms. The number of nitrogens with zero attached hydrogens (tertiary/aromatic N) is 1. The fraction of sp³-hybridized carbons (Fsp3) is 0. The van der Waals surface area contributed by atoms with E-state index in [9.17, 15) is 10.1 Å². The van der Waals surface area contributed by atoms with Gasteiger partial charge >= 0.3 is 0 Å². The Labute approximate surface area is 120 Å².